The first kappa shape index (κ1) is 19.8. The smallest absolute Gasteiger partial charge is 0.272 e. The molecule has 29 heavy (non-hydrogen) atoms. The number of hydrogen-bond acceptors (Lipinski definition) is 5. The number of nitrogens with one attached hydrogen (secondary N) is 2. The van der Waals surface area contributed by atoms with Crippen molar-refractivity contribution >= 4 is 23.6 Å². The molecule has 2 amide bonds. The Morgan fingerprint density at radius 3 is 2.07 bits per heavy atom. The fraction of sp³-hybridized carbons (Fsp3) is 0.0909. The summed E-state index contributed by atoms with van der Waals surface area (Å²) in [4.78, 5) is 25.4. The molecule has 1 heterocycles. The molecule has 0 saturated carbocycles. The molecule has 0 atom stereocenters. The summed E-state index contributed by atoms with van der Waals surface area (Å²) < 4.78 is 15.5. The van der Waals surface area contributed by atoms with Crippen molar-refractivity contribution in [3.05, 3.63) is 83.9 Å². The van der Waals surface area contributed by atoms with Gasteiger partial charge in [-0.15, -0.1) is 0 Å². The van der Waals surface area contributed by atoms with E-state index in [4.69, 9.17) is 13.9 Å². The number of ether oxygens (including phenoxy) is 2. The van der Waals surface area contributed by atoms with Gasteiger partial charge < -0.3 is 24.5 Å². The van der Waals surface area contributed by atoms with Crippen LogP contribution < -0.4 is 20.1 Å². The van der Waals surface area contributed by atoms with Crippen LogP contribution in [0.5, 0.6) is 11.5 Å². The van der Waals surface area contributed by atoms with Gasteiger partial charge in [-0.25, -0.2) is 0 Å². The number of amides is 2. The summed E-state index contributed by atoms with van der Waals surface area (Å²) in [5, 5.41) is 5.38. The summed E-state index contributed by atoms with van der Waals surface area (Å²) in [7, 11) is 3.11. The molecule has 1 aromatic heterocycles. The van der Waals surface area contributed by atoms with Gasteiger partial charge in [-0.2, -0.15) is 0 Å². The number of rotatable bonds is 7. The van der Waals surface area contributed by atoms with E-state index in [0.29, 0.717) is 28.5 Å². The lowest BCUT2D eigenvalue weighted by molar-refractivity contribution is -0.113. The molecule has 3 aromatic rings. The third-order valence-corrected chi connectivity index (χ3v) is 4.02. The van der Waals surface area contributed by atoms with Crippen molar-refractivity contribution in [1.29, 1.82) is 0 Å². The quantitative estimate of drug-likeness (QED) is 0.599. The van der Waals surface area contributed by atoms with E-state index in [9.17, 15) is 9.59 Å². The second-order valence-corrected chi connectivity index (χ2v) is 5.94. The zero-order valence-electron chi connectivity index (χ0n) is 16.0. The van der Waals surface area contributed by atoms with Crippen LogP contribution in [0.15, 0.2) is 77.0 Å². The number of carbonyl (C=O) groups excluding carboxylic acids is 2. The van der Waals surface area contributed by atoms with Gasteiger partial charge in [0.25, 0.3) is 11.8 Å². The van der Waals surface area contributed by atoms with Gasteiger partial charge >= 0.3 is 0 Å². The van der Waals surface area contributed by atoms with Crippen molar-refractivity contribution in [3.63, 3.8) is 0 Å². The van der Waals surface area contributed by atoms with Crippen LogP contribution in [0.2, 0.25) is 0 Å². The molecule has 148 valence electrons. The van der Waals surface area contributed by atoms with Gasteiger partial charge in [0.05, 0.1) is 20.5 Å². The van der Waals surface area contributed by atoms with Crippen LogP contribution in [0.3, 0.4) is 0 Å². The van der Waals surface area contributed by atoms with Gasteiger partial charge in [0.1, 0.15) is 23.0 Å². The minimum atomic E-state index is -0.492. The van der Waals surface area contributed by atoms with Crippen molar-refractivity contribution in [2.24, 2.45) is 0 Å². The zero-order valence-corrected chi connectivity index (χ0v) is 16.0. The summed E-state index contributed by atoms with van der Waals surface area (Å²) >= 11 is 0. The lowest BCUT2D eigenvalue weighted by Gasteiger charge is -2.11. The zero-order chi connectivity index (χ0) is 20.6. The Morgan fingerprint density at radius 2 is 1.52 bits per heavy atom. The SMILES string of the molecule is COc1ccc(NC(=O)/C(=C/c2ccco2)NC(=O)c2ccc(OC)cc2)cc1. The van der Waals surface area contributed by atoms with Gasteiger partial charge in [-0.05, 0) is 60.7 Å². The number of hydrogen-bond donors (Lipinski definition) is 2. The third kappa shape index (κ3) is 5.26. The van der Waals surface area contributed by atoms with Crippen molar-refractivity contribution < 1.29 is 23.5 Å². The Morgan fingerprint density at radius 1 is 0.897 bits per heavy atom. The van der Waals surface area contributed by atoms with Crippen LogP contribution in [0, 0.1) is 0 Å². The van der Waals surface area contributed by atoms with Crippen LogP contribution in [-0.4, -0.2) is 26.0 Å². The Bertz CT molecular complexity index is 991. The molecule has 7 nitrogen and oxygen atoms in total. The number of methoxy groups -OCH3 is 2. The average molecular weight is 392 g/mol. The van der Waals surface area contributed by atoms with Gasteiger partial charge in [0.2, 0.25) is 0 Å². The number of benzene rings is 2. The standard InChI is InChI=1S/C22H20N2O5/c1-27-17-9-5-15(6-10-17)21(25)24-20(14-19-4-3-13-29-19)22(26)23-16-7-11-18(28-2)12-8-16/h3-14H,1-2H3,(H,23,26)(H,24,25)/b20-14-. The van der Waals surface area contributed by atoms with Crippen molar-refractivity contribution in [2.45, 2.75) is 0 Å². The minimum absolute atomic E-state index is 0.0385. The van der Waals surface area contributed by atoms with E-state index in [0.717, 1.165) is 0 Å². The summed E-state index contributed by atoms with van der Waals surface area (Å²) in [6.07, 6.45) is 2.94. The lowest BCUT2D eigenvalue weighted by Crippen LogP contribution is -2.30. The molecule has 2 aromatic carbocycles. The highest BCUT2D eigenvalue weighted by Gasteiger charge is 2.16. The monoisotopic (exact) mass is 392 g/mol. The molecule has 3 rings (SSSR count). The maximum atomic E-state index is 12.8. The Hall–Kier alpha value is -4.00. The largest absolute Gasteiger partial charge is 0.497 e. The molecule has 0 unspecified atom stereocenters. The lowest BCUT2D eigenvalue weighted by atomic mass is 10.2. The van der Waals surface area contributed by atoms with E-state index in [-0.39, 0.29) is 5.70 Å². The van der Waals surface area contributed by atoms with E-state index in [1.165, 1.54) is 12.3 Å². The van der Waals surface area contributed by atoms with Gasteiger partial charge in [-0.1, -0.05) is 0 Å². The molecule has 0 radical (unpaired) electrons. The first-order valence-corrected chi connectivity index (χ1v) is 8.75. The molecule has 0 aliphatic heterocycles. The molecule has 7 heteroatoms. The maximum absolute atomic E-state index is 12.8. The molecule has 0 aliphatic rings. The maximum Gasteiger partial charge on any atom is 0.272 e. The summed E-state index contributed by atoms with van der Waals surface area (Å²) in [5.41, 5.74) is 0.977. The Kier molecular flexibility index (Phi) is 6.32. The fourth-order valence-corrected chi connectivity index (χ4v) is 2.48. The Balaban J connectivity index is 1.79. The van der Waals surface area contributed by atoms with Crippen LogP contribution >= 0.6 is 0 Å². The molecular weight excluding hydrogens is 372 g/mol. The van der Waals surface area contributed by atoms with Crippen molar-refractivity contribution in [2.75, 3.05) is 19.5 Å². The first-order chi connectivity index (χ1) is 14.1. The van der Waals surface area contributed by atoms with Crippen LogP contribution in [0.4, 0.5) is 5.69 Å². The highest BCUT2D eigenvalue weighted by atomic mass is 16.5. The number of carbonyl (C=O) groups is 2. The highest BCUT2D eigenvalue weighted by molar-refractivity contribution is 6.10. The van der Waals surface area contributed by atoms with Gasteiger partial charge in [0, 0.05) is 17.3 Å². The van der Waals surface area contributed by atoms with E-state index in [2.05, 4.69) is 10.6 Å². The van der Waals surface area contributed by atoms with Crippen LogP contribution in [-0.2, 0) is 4.79 Å². The summed E-state index contributed by atoms with van der Waals surface area (Å²) in [6.45, 7) is 0. The number of anilines is 1. The predicted molar refractivity (Wildman–Crippen MR) is 109 cm³/mol. The predicted octanol–water partition coefficient (Wildman–Crippen LogP) is 3.71. The molecule has 0 fully saturated rings. The van der Waals surface area contributed by atoms with E-state index < -0.39 is 11.8 Å². The second-order valence-electron chi connectivity index (χ2n) is 5.94. The molecule has 0 saturated heterocycles. The third-order valence-electron chi connectivity index (χ3n) is 4.02. The van der Waals surface area contributed by atoms with Crippen LogP contribution in [0.1, 0.15) is 16.1 Å². The van der Waals surface area contributed by atoms with Crippen LogP contribution in [0.25, 0.3) is 6.08 Å². The van der Waals surface area contributed by atoms with E-state index in [1.807, 2.05) is 0 Å². The Labute approximate surface area is 167 Å². The summed E-state index contributed by atoms with van der Waals surface area (Å²) in [6, 6.07) is 16.8. The highest BCUT2D eigenvalue weighted by Crippen LogP contribution is 2.17. The van der Waals surface area contributed by atoms with Gasteiger partial charge in [-0.3, -0.25) is 9.59 Å². The van der Waals surface area contributed by atoms with Crippen molar-refractivity contribution in [1.82, 2.24) is 5.32 Å². The van der Waals surface area contributed by atoms with Gasteiger partial charge in [0.15, 0.2) is 0 Å². The molecular formula is C22H20N2O5. The molecule has 0 aliphatic carbocycles. The topological polar surface area (TPSA) is 89.8 Å². The molecule has 0 bridgehead atoms. The first-order valence-electron chi connectivity index (χ1n) is 8.75. The number of furan rings is 1. The summed E-state index contributed by atoms with van der Waals surface area (Å²) in [5.74, 6) is 0.802. The minimum Gasteiger partial charge on any atom is -0.497 e. The van der Waals surface area contributed by atoms with Crippen molar-refractivity contribution in [3.8, 4) is 11.5 Å². The average Bonchev–Trinajstić information content (AvgIpc) is 3.27. The van der Waals surface area contributed by atoms with E-state index in [1.54, 1.807) is 74.9 Å². The van der Waals surface area contributed by atoms with E-state index >= 15 is 0 Å². The normalized spacial score (nSPS) is 10.9. The second kappa shape index (κ2) is 9.27. The fourth-order valence-electron chi connectivity index (χ4n) is 2.48. The molecule has 2 N–H and O–H groups in total. The molecule has 0 spiro atoms.